The zero-order valence-electron chi connectivity index (χ0n) is 8.72. The Morgan fingerprint density at radius 3 is 2.54 bits per heavy atom. The fourth-order valence-electron chi connectivity index (χ4n) is 0.914. The third kappa shape index (κ3) is 5.42. The van der Waals surface area contributed by atoms with E-state index in [4.69, 9.17) is 4.74 Å². The van der Waals surface area contributed by atoms with Gasteiger partial charge in [-0.25, -0.2) is 0 Å². The minimum atomic E-state index is -0.0989. The molecule has 0 bridgehead atoms. The summed E-state index contributed by atoms with van der Waals surface area (Å²) in [6.45, 7) is 10.5. The molecule has 0 saturated heterocycles. The van der Waals surface area contributed by atoms with E-state index in [2.05, 4.69) is 11.9 Å². The second-order valence-corrected chi connectivity index (χ2v) is 2.98. The van der Waals surface area contributed by atoms with Gasteiger partial charge < -0.3 is 10.1 Å². The summed E-state index contributed by atoms with van der Waals surface area (Å²) < 4.78 is 5.38. The number of carbonyl (C=O) groups is 1. The van der Waals surface area contributed by atoms with Crippen molar-refractivity contribution >= 4 is 5.91 Å². The van der Waals surface area contributed by atoms with Crippen LogP contribution in [0.25, 0.3) is 0 Å². The Bertz CT molecular complexity index is 178. The summed E-state index contributed by atoms with van der Waals surface area (Å²) in [7, 11) is 0. The van der Waals surface area contributed by atoms with Gasteiger partial charge in [-0.05, 0) is 20.3 Å². The summed E-state index contributed by atoms with van der Waals surface area (Å²) in [4.78, 5) is 11.1. The molecule has 1 atom stereocenters. The van der Waals surface area contributed by atoms with Crippen molar-refractivity contribution in [3.63, 3.8) is 0 Å². The van der Waals surface area contributed by atoms with E-state index in [1.54, 1.807) is 6.92 Å². The number of rotatable bonds is 6. The van der Waals surface area contributed by atoms with E-state index in [1.165, 1.54) is 0 Å². The fraction of sp³-hybridized carbons (Fsp3) is 0.700. The van der Waals surface area contributed by atoms with Gasteiger partial charge in [0.1, 0.15) is 0 Å². The van der Waals surface area contributed by atoms with Gasteiger partial charge in [0.05, 0.1) is 6.10 Å². The highest BCUT2D eigenvalue weighted by Crippen LogP contribution is 1.96. The van der Waals surface area contributed by atoms with Gasteiger partial charge in [-0.1, -0.05) is 13.5 Å². The monoisotopic (exact) mass is 185 g/mol. The lowest BCUT2D eigenvalue weighted by Gasteiger charge is -2.15. The van der Waals surface area contributed by atoms with Crippen molar-refractivity contribution < 1.29 is 9.53 Å². The summed E-state index contributed by atoms with van der Waals surface area (Å²) in [6.07, 6.45) is 1.03. The van der Waals surface area contributed by atoms with Gasteiger partial charge in [0.2, 0.25) is 5.91 Å². The Balaban J connectivity index is 3.71. The maximum atomic E-state index is 11.1. The van der Waals surface area contributed by atoms with Crippen molar-refractivity contribution in [2.24, 2.45) is 0 Å². The molecule has 0 aromatic heterocycles. The molecule has 1 amide bonds. The molecule has 0 fully saturated rings. The van der Waals surface area contributed by atoms with Crippen molar-refractivity contribution in [1.29, 1.82) is 0 Å². The fourth-order valence-corrected chi connectivity index (χ4v) is 0.914. The van der Waals surface area contributed by atoms with E-state index >= 15 is 0 Å². The van der Waals surface area contributed by atoms with Crippen molar-refractivity contribution in [3.8, 4) is 0 Å². The smallest absolute Gasteiger partial charge is 0.246 e. The molecule has 0 aliphatic rings. The van der Waals surface area contributed by atoms with Crippen LogP contribution in [0.15, 0.2) is 12.2 Å². The number of hydrogen-bond acceptors (Lipinski definition) is 2. The standard InChI is InChI=1S/C10H19NO2/c1-5-9(13-6-2)7-11-10(12)8(3)4/h9H,3,5-7H2,1-2,4H3,(H,11,12). The van der Waals surface area contributed by atoms with E-state index < -0.39 is 0 Å². The zero-order valence-corrected chi connectivity index (χ0v) is 8.72. The van der Waals surface area contributed by atoms with Crippen molar-refractivity contribution in [2.45, 2.75) is 33.3 Å². The van der Waals surface area contributed by atoms with E-state index in [9.17, 15) is 4.79 Å². The van der Waals surface area contributed by atoms with E-state index in [-0.39, 0.29) is 12.0 Å². The molecule has 0 heterocycles. The third-order valence-corrected chi connectivity index (χ3v) is 1.74. The average Bonchev–Trinajstić information content (AvgIpc) is 2.11. The number of hydrogen-bond donors (Lipinski definition) is 1. The lowest BCUT2D eigenvalue weighted by molar-refractivity contribution is -0.118. The summed E-state index contributed by atoms with van der Waals surface area (Å²) >= 11 is 0. The molecule has 76 valence electrons. The molecule has 1 unspecified atom stereocenters. The molecule has 0 aliphatic heterocycles. The highest BCUT2D eigenvalue weighted by Gasteiger charge is 2.07. The maximum Gasteiger partial charge on any atom is 0.246 e. The van der Waals surface area contributed by atoms with E-state index in [0.717, 1.165) is 6.42 Å². The van der Waals surface area contributed by atoms with Crippen LogP contribution in [0, 0.1) is 0 Å². The molecular formula is C10H19NO2. The Kier molecular flexibility index (Phi) is 6.24. The summed E-state index contributed by atoms with van der Waals surface area (Å²) in [6, 6.07) is 0. The number of nitrogens with one attached hydrogen (secondary N) is 1. The first kappa shape index (κ1) is 12.2. The van der Waals surface area contributed by atoms with Crippen LogP contribution in [-0.4, -0.2) is 25.2 Å². The van der Waals surface area contributed by atoms with Crippen molar-refractivity contribution in [1.82, 2.24) is 5.32 Å². The average molecular weight is 185 g/mol. The van der Waals surface area contributed by atoms with Crippen LogP contribution in [0.2, 0.25) is 0 Å². The third-order valence-electron chi connectivity index (χ3n) is 1.74. The number of amides is 1. The molecule has 13 heavy (non-hydrogen) atoms. The highest BCUT2D eigenvalue weighted by molar-refractivity contribution is 5.92. The van der Waals surface area contributed by atoms with Crippen molar-refractivity contribution in [2.75, 3.05) is 13.2 Å². The molecular weight excluding hydrogens is 166 g/mol. The molecule has 3 nitrogen and oxygen atoms in total. The minimum absolute atomic E-state index is 0.0989. The highest BCUT2D eigenvalue weighted by atomic mass is 16.5. The SMILES string of the molecule is C=C(C)C(=O)NCC(CC)OCC. The Hall–Kier alpha value is -0.830. The number of carbonyl (C=O) groups excluding carboxylic acids is 1. The van der Waals surface area contributed by atoms with Gasteiger partial charge in [0.15, 0.2) is 0 Å². The molecule has 0 saturated carbocycles. The Morgan fingerprint density at radius 2 is 2.15 bits per heavy atom. The molecule has 0 aliphatic carbocycles. The zero-order chi connectivity index (χ0) is 10.3. The topological polar surface area (TPSA) is 38.3 Å². The minimum Gasteiger partial charge on any atom is -0.377 e. The molecule has 3 heteroatoms. The maximum absolute atomic E-state index is 11.1. The quantitative estimate of drug-likeness (QED) is 0.637. The lowest BCUT2D eigenvalue weighted by Crippen LogP contribution is -2.33. The van der Waals surface area contributed by atoms with Gasteiger partial charge in [-0.3, -0.25) is 4.79 Å². The van der Waals surface area contributed by atoms with Gasteiger partial charge >= 0.3 is 0 Å². The van der Waals surface area contributed by atoms with Gasteiger partial charge in [0, 0.05) is 18.7 Å². The van der Waals surface area contributed by atoms with Gasteiger partial charge in [-0.15, -0.1) is 0 Å². The lowest BCUT2D eigenvalue weighted by atomic mass is 10.2. The van der Waals surface area contributed by atoms with Crippen LogP contribution in [0.5, 0.6) is 0 Å². The van der Waals surface area contributed by atoms with Gasteiger partial charge in [0.25, 0.3) is 0 Å². The molecule has 1 N–H and O–H groups in total. The van der Waals surface area contributed by atoms with Crippen molar-refractivity contribution in [3.05, 3.63) is 12.2 Å². The van der Waals surface area contributed by atoms with Gasteiger partial charge in [-0.2, -0.15) is 0 Å². The van der Waals surface area contributed by atoms with Crippen LogP contribution in [-0.2, 0) is 9.53 Å². The van der Waals surface area contributed by atoms with Crippen LogP contribution in [0.1, 0.15) is 27.2 Å². The molecule has 0 rings (SSSR count). The second-order valence-electron chi connectivity index (χ2n) is 2.98. The predicted molar refractivity (Wildman–Crippen MR) is 53.5 cm³/mol. The van der Waals surface area contributed by atoms with Crippen LogP contribution < -0.4 is 5.32 Å². The molecule has 0 aromatic rings. The number of ether oxygens (including phenoxy) is 1. The predicted octanol–water partition coefficient (Wildman–Crippen LogP) is 1.49. The Labute approximate surface area is 80.2 Å². The van der Waals surface area contributed by atoms with Crippen LogP contribution in [0.4, 0.5) is 0 Å². The largest absolute Gasteiger partial charge is 0.377 e. The summed E-state index contributed by atoms with van der Waals surface area (Å²) in [5.41, 5.74) is 0.534. The second kappa shape index (κ2) is 6.66. The van der Waals surface area contributed by atoms with Crippen LogP contribution in [0.3, 0.4) is 0 Å². The summed E-state index contributed by atoms with van der Waals surface area (Å²) in [5.74, 6) is -0.0989. The molecule has 0 spiro atoms. The first-order chi connectivity index (χ1) is 6.11. The molecule has 0 radical (unpaired) electrons. The van der Waals surface area contributed by atoms with E-state index in [0.29, 0.717) is 18.7 Å². The first-order valence-corrected chi connectivity index (χ1v) is 4.67. The first-order valence-electron chi connectivity index (χ1n) is 4.67. The van der Waals surface area contributed by atoms with E-state index in [1.807, 2.05) is 13.8 Å². The normalized spacial score (nSPS) is 12.2. The Morgan fingerprint density at radius 1 is 1.54 bits per heavy atom. The molecule has 0 aromatic carbocycles. The summed E-state index contributed by atoms with van der Waals surface area (Å²) in [5, 5.41) is 2.75. The van der Waals surface area contributed by atoms with Crippen LogP contribution >= 0.6 is 0 Å².